The van der Waals surface area contributed by atoms with Gasteiger partial charge in [-0.15, -0.1) is 0 Å². The van der Waals surface area contributed by atoms with Crippen molar-refractivity contribution >= 4 is 16.9 Å². The molecule has 4 rings (SSSR count). The van der Waals surface area contributed by atoms with Crippen molar-refractivity contribution in [3.8, 4) is 12.0 Å². The monoisotopic (exact) mass is 364 g/mol. The van der Waals surface area contributed by atoms with Gasteiger partial charge in [0.05, 0.1) is 16.7 Å². The van der Waals surface area contributed by atoms with E-state index in [0.717, 1.165) is 22.5 Å². The minimum atomic E-state index is 0.280. The Bertz CT molecular complexity index is 1070. The highest BCUT2D eigenvalue weighted by Crippen LogP contribution is 2.25. The van der Waals surface area contributed by atoms with Crippen LogP contribution < -0.4 is 10.1 Å². The normalized spacial score (nSPS) is 11.3. The quantitative estimate of drug-likeness (QED) is 0.561. The molecule has 0 atom stereocenters. The average molecular weight is 364 g/mol. The molecule has 27 heavy (non-hydrogen) atoms. The van der Waals surface area contributed by atoms with Gasteiger partial charge in [0.25, 0.3) is 5.95 Å². The number of tetrazole rings is 1. The molecular formula is C18H20N8O. The summed E-state index contributed by atoms with van der Waals surface area (Å²) in [5.74, 6) is 1.35. The Morgan fingerprint density at radius 3 is 2.70 bits per heavy atom. The van der Waals surface area contributed by atoms with Gasteiger partial charge in [0.15, 0.2) is 0 Å². The Balaban J connectivity index is 1.66. The van der Waals surface area contributed by atoms with Crippen LogP contribution in [0.25, 0.3) is 17.0 Å². The van der Waals surface area contributed by atoms with Gasteiger partial charge in [-0.05, 0) is 48.5 Å². The molecule has 9 nitrogen and oxygen atoms in total. The molecule has 0 saturated heterocycles. The Labute approximate surface area is 156 Å². The third kappa shape index (κ3) is 3.43. The smallest absolute Gasteiger partial charge is 0.305 e. The maximum Gasteiger partial charge on any atom is 0.305 e. The van der Waals surface area contributed by atoms with Gasteiger partial charge < -0.3 is 10.1 Å². The van der Waals surface area contributed by atoms with Crippen LogP contribution in [0.2, 0.25) is 0 Å². The van der Waals surface area contributed by atoms with Crippen molar-refractivity contribution < 1.29 is 4.74 Å². The second kappa shape index (κ2) is 7.02. The Kier molecular flexibility index (Phi) is 4.41. The van der Waals surface area contributed by atoms with Crippen LogP contribution in [0, 0.1) is 0 Å². The first kappa shape index (κ1) is 17.0. The summed E-state index contributed by atoms with van der Waals surface area (Å²) in [6, 6.07) is 14.3. The lowest BCUT2D eigenvalue weighted by Crippen LogP contribution is -2.12. The molecule has 0 aliphatic heterocycles. The first-order valence-corrected chi connectivity index (χ1v) is 8.67. The summed E-state index contributed by atoms with van der Waals surface area (Å²) in [5, 5.41) is 15.0. The van der Waals surface area contributed by atoms with E-state index in [0.29, 0.717) is 18.0 Å². The summed E-state index contributed by atoms with van der Waals surface area (Å²) in [4.78, 5) is 9.16. The lowest BCUT2D eigenvalue weighted by molar-refractivity contribution is 0.272. The molecule has 0 amide bonds. The number of fused-ring (bicyclic) bond motifs is 1. The van der Waals surface area contributed by atoms with E-state index in [1.54, 1.807) is 16.3 Å². The number of benzene rings is 1. The lowest BCUT2D eigenvalue weighted by atomic mass is 10.3. The first-order valence-electron chi connectivity index (χ1n) is 8.67. The number of ether oxygens (including phenoxy) is 1. The molecule has 0 radical (unpaired) electrons. The fraction of sp³-hybridized carbons (Fsp3) is 0.278. The van der Waals surface area contributed by atoms with Crippen LogP contribution in [0.4, 0.5) is 5.82 Å². The zero-order valence-electron chi connectivity index (χ0n) is 15.4. The van der Waals surface area contributed by atoms with E-state index in [9.17, 15) is 0 Å². The number of anilines is 1. The number of imidazole rings is 1. The Morgan fingerprint density at radius 2 is 1.93 bits per heavy atom. The number of hydrogen-bond donors (Lipinski definition) is 1. The topological polar surface area (TPSA) is 95.6 Å². The molecule has 0 unspecified atom stereocenters. The van der Waals surface area contributed by atoms with Gasteiger partial charge in [0.2, 0.25) is 0 Å². The van der Waals surface area contributed by atoms with E-state index in [4.69, 9.17) is 4.74 Å². The zero-order chi connectivity index (χ0) is 18.8. The fourth-order valence-electron chi connectivity index (χ4n) is 2.78. The molecule has 1 aromatic carbocycles. The fourth-order valence-corrected chi connectivity index (χ4v) is 2.78. The number of nitrogens with zero attached hydrogens (tertiary/aromatic N) is 7. The number of hydrogen-bond acceptors (Lipinski definition) is 7. The zero-order valence-corrected chi connectivity index (χ0v) is 15.4. The van der Waals surface area contributed by atoms with Crippen LogP contribution in [-0.2, 0) is 13.7 Å². The minimum Gasteiger partial charge on any atom is -0.458 e. The van der Waals surface area contributed by atoms with Gasteiger partial charge >= 0.3 is 6.01 Å². The molecule has 3 aromatic heterocycles. The summed E-state index contributed by atoms with van der Waals surface area (Å²) in [5.41, 5.74) is 2.47. The largest absolute Gasteiger partial charge is 0.458 e. The van der Waals surface area contributed by atoms with Gasteiger partial charge in [-0.3, -0.25) is 0 Å². The highest BCUT2D eigenvalue weighted by Gasteiger charge is 2.18. The van der Waals surface area contributed by atoms with Crippen LogP contribution in [0.5, 0.6) is 6.01 Å². The van der Waals surface area contributed by atoms with Crippen LogP contribution in [-0.4, -0.2) is 40.8 Å². The molecule has 4 aromatic rings. The molecule has 0 aliphatic rings. The molecule has 9 heteroatoms. The average Bonchev–Trinajstić information content (AvgIpc) is 3.22. The molecule has 0 fully saturated rings. The highest BCUT2D eigenvalue weighted by molar-refractivity contribution is 5.78. The van der Waals surface area contributed by atoms with Gasteiger partial charge in [0.1, 0.15) is 12.4 Å². The number of para-hydroxylation sites is 2. The molecule has 0 bridgehead atoms. The minimum absolute atomic E-state index is 0.280. The predicted molar refractivity (Wildman–Crippen MR) is 101 cm³/mol. The summed E-state index contributed by atoms with van der Waals surface area (Å²) < 4.78 is 9.37. The SMILES string of the molecule is CC(C)Nc1cccc(COc2nc3ccccc3n2-c2nnnn2C)n1. The standard InChI is InChI=1S/C18H20N8O/c1-12(2)19-16-10-6-7-13(20-16)11-27-18-21-14-8-4-5-9-15(14)26(18)17-22-23-24-25(17)3/h4-10,12H,11H2,1-3H3,(H,19,20). The molecule has 0 aliphatic carbocycles. The van der Waals surface area contributed by atoms with Crippen molar-refractivity contribution in [2.45, 2.75) is 26.5 Å². The number of aryl methyl sites for hydroxylation is 1. The van der Waals surface area contributed by atoms with Gasteiger partial charge in [-0.25, -0.2) is 14.2 Å². The Hall–Kier alpha value is -3.49. The van der Waals surface area contributed by atoms with Crippen molar-refractivity contribution in [1.29, 1.82) is 0 Å². The van der Waals surface area contributed by atoms with Crippen LogP contribution in [0.3, 0.4) is 0 Å². The van der Waals surface area contributed by atoms with Gasteiger partial charge in [0, 0.05) is 13.1 Å². The Morgan fingerprint density at radius 1 is 1.07 bits per heavy atom. The maximum absolute atomic E-state index is 6.00. The highest BCUT2D eigenvalue weighted by atomic mass is 16.5. The van der Waals surface area contributed by atoms with Crippen molar-refractivity contribution in [2.75, 3.05) is 5.32 Å². The van der Waals surface area contributed by atoms with E-state index < -0.39 is 0 Å². The van der Waals surface area contributed by atoms with Crippen molar-refractivity contribution in [1.82, 2.24) is 34.7 Å². The second-order valence-electron chi connectivity index (χ2n) is 6.42. The molecular weight excluding hydrogens is 344 g/mol. The summed E-state index contributed by atoms with van der Waals surface area (Å²) in [6.45, 7) is 4.42. The molecule has 1 N–H and O–H groups in total. The molecule has 3 heterocycles. The van der Waals surface area contributed by atoms with Crippen molar-refractivity contribution in [3.63, 3.8) is 0 Å². The van der Waals surface area contributed by atoms with Crippen LogP contribution in [0.1, 0.15) is 19.5 Å². The lowest BCUT2D eigenvalue weighted by Gasteiger charge is -2.11. The maximum atomic E-state index is 6.00. The van der Waals surface area contributed by atoms with Crippen LogP contribution in [0.15, 0.2) is 42.5 Å². The number of pyridine rings is 1. The van der Waals surface area contributed by atoms with E-state index in [1.807, 2.05) is 42.5 Å². The third-order valence-corrected chi connectivity index (χ3v) is 3.92. The van der Waals surface area contributed by atoms with E-state index in [-0.39, 0.29) is 6.61 Å². The summed E-state index contributed by atoms with van der Waals surface area (Å²) in [6.07, 6.45) is 0. The van der Waals surface area contributed by atoms with Crippen molar-refractivity contribution in [2.24, 2.45) is 7.05 Å². The number of aromatic nitrogens is 7. The van der Waals surface area contributed by atoms with E-state index in [1.165, 1.54) is 0 Å². The third-order valence-electron chi connectivity index (χ3n) is 3.92. The second-order valence-corrected chi connectivity index (χ2v) is 6.42. The molecule has 0 spiro atoms. The molecule has 138 valence electrons. The van der Waals surface area contributed by atoms with Crippen molar-refractivity contribution in [3.05, 3.63) is 48.2 Å². The van der Waals surface area contributed by atoms with E-state index in [2.05, 4.69) is 44.7 Å². The van der Waals surface area contributed by atoms with Gasteiger partial charge in [-0.2, -0.15) is 4.98 Å². The summed E-state index contributed by atoms with van der Waals surface area (Å²) >= 11 is 0. The first-order chi connectivity index (χ1) is 13.1. The predicted octanol–water partition coefficient (Wildman–Crippen LogP) is 2.34. The number of rotatable bonds is 6. The van der Waals surface area contributed by atoms with E-state index >= 15 is 0 Å². The number of nitrogens with one attached hydrogen (secondary N) is 1. The van der Waals surface area contributed by atoms with Gasteiger partial charge in [-0.1, -0.05) is 23.3 Å². The summed E-state index contributed by atoms with van der Waals surface area (Å²) in [7, 11) is 1.77. The molecule has 0 saturated carbocycles. The van der Waals surface area contributed by atoms with Crippen LogP contribution >= 0.6 is 0 Å².